The Hall–Kier alpha value is -1.97. The number of phenols is 1. The number of ether oxygens (including phenoxy) is 2. The first-order valence-electron chi connectivity index (χ1n) is 6.31. The number of hydrogen-bond donors (Lipinski definition) is 1. The van der Waals surface area contributed by atoms with Gasteiger partial charge in [-0.1, -0.05) is 5.57 Å². The molecule has 102 valence electrons. The van der Waals surface area contributed by atoms with E-state index in [0.717, 1.165) is 5.56 Å². The third kappa shape index (κ3) is 2.89. The fraction of sp³-hybridized carbons (Fsp3) is 0.400. The average Bonchev–Trinajstić information content (AvgIpc) is 2.30. The molecule has 0 bridgehead atoms. The number of cyclic esters (lactones) is 1. The molecule has 1 aliphatic heterocycles. The van der Waals surface area contributed by atoms with Crippen molar-refractivity contribution in [1.29, 1.82) is 0 Å². The van der Waals surface area contributed by atoms with E-state index in [1.165, 1.54) is 11.6 Å². The minimum atomic E-state index is -0.487. The minimum absolute atomic E-state index is 0.0542. The maximum Gasteiger partial charge on any atom is 0.342 e. The molecule has 0 spiro atoms. The van der Waals surface area contributed by atoms with Gasteiger partial charge in [0, 0.05) is 12.0 Å². The van der Waals surface area contributed by atoms with E-state index < -0.39 is 5.97 Å². The second-order valence-electron chi connectivity index (χ2n) is 4.95. The van der Waals surface area contributed by atoms with Crippen molar-refractivity contribution in [3.05, 3.63) is 34.9 Å². The number of phenolic OH excluding ortho intramolecular Hbond substituents is 1. The lowest BCUT2D eigenvalue weighted by atomic mass is 9.97. The van der Waals surface area contributed by atoms with Gasteiger partial charge in [-0.2, -0.15) is 0 Å². The van der Waals surface area contributed by atoms with Crippen molar-refractivity contribution in [1.82, 2.24) is 0 Å². The molecule has 2 rings (SSSR count). The van der Waals surface area contributed by atoms with E-state index in [0.29, 0.717) is 18.8 Å². The Morgan fingerprint density at radius 2 is 2.26 bits per heavy atom. The summed E-state index contributed by atoms with van der Waals surface area (Å²) in [7, 11) is 0. The smallest absolute Gasteiger partial charge is 0.342 e. The molecule has 0 fully saturated rings. The van der Waals surface area contributed by atoms with Crippen molar-refractivity contribution < 1.29 is 19.4 Å². The summed E-state index contributed by atoms with van der Waals surface area (Å²) in [6.45, 7) is 6.26. The molecule has 19 heavy (non-hydrogen) atoms. The maximum absolute atomic E-state index is 11.8. The topological polar surface area (TPSA) is 55.8 Å². The van der Waals surface area contributed by atoms with Crippen molar-refractivity contribution in [2.75, 3.05) is 6.61 Å². The van der Waals surface area contributed by atoms with Crippen LogP contribution in [0.4, 0.5) is 0 Å². The van der Waals surface area contributed by atoms with Crippen LogP contribution in [0.5, 0.6) is 11.5 Å². The van der Waals surface area contributed by atoms with Gasteiger partial charge in [0.15, 0.2) is 0 Å². The van der Waals surface area contributed by atoms with Crippen LogP contribution in [0.25, 0.3) is 0 Å². The van der Waals surface area contributed by atoms with Gasteiger partial charge in [-0.3, -0.25) is 0 Å². The Kier molecular flexibility index (Phi) is 3.79. The van der Waals surface area contributed by atoms with Gasteiger partial charge in [0.05, 0.1) is 0 Å². The second-order valence-corrected chi connectivity index (χ2v) is 4.95. The highest BCUT2D eigenvalue weighted by Crippen LogP contribution is 2.35. The predicted octanol–water partition coefficient (Wildman–Crippen LogP) is 2.84. The van der Waals surface area contributed by atoms with Crippen molar-refractivity contribution in [3.63, 3.8) is 0 Å². The maximum atomic E-state index is 11.8. The average molecular weight is 262 g/mol. The lowest BCUT2D eigenvalue weighted by Crippen LogP contribution is -2.25. The summed E-state index contributed by atoms with van der Waals surface area (Å²) in [5.41, 5.74) is 2.12. The fourth-order valence-corrected chi connectivity index (χ4v) is 2.05. The highest BCUT2D eigenvalue weighted by molar-refractivity contribution is 5.96. The molecule has 1 aromatic rings. The summed E-state index contributed by atoms with van der Waals surface area (Å²) in [5.74, 6) is 0.0918. The van der Waals surface area contributed by atoms with Crippen molar-refractivity contribution in [2.45, 2.75) is 33.3 Å². The highest BCUT2D eigenvalue weighted by atomic mass is 16.5. The number of esters is 1. The SMILES string of the molecule is CC(C)=CCOc1ccc(O)c2c1C[C@H](C)OC2=O. The van der Waals surface area contributed by atoms with Gasteiger partial charge in [0.1, 0.15) is 29.8 Å². The number of rotatable bonds is 3. The fourth-order valence-electron chi connectivity index (χ4n) is 2.05. The summed E-state index contributed by atoms with van der Waals surface area (Å²) in [5, 5.41) is 9.78. The molecule has 0 aromatic heterocycles. The number of carbonyl (C=O) groups excluding carboxylic acids is 1. The van der Waals surface area contributed by atoms with E-state index in [-0.39, 0.29) is 17.4 Å². The van der Waals surface area contributed by atoms with E-state index in [1.807, 2.05) is 26.8 Å². The molecule has 0 aliphatic carbocycles. The third-order valence-electron chi connectivity index (χ3n) is 2.98. The molecule has 1 atom stereocenters. The number of benzene rings is 1. The summed E-state index contributed by atoms with van der Waals surface area (Å²) in [6.07, 6.45) is 2.32. The molecule has 0 saturated heterocycles. The summed E-state index contributed by atoms with van der Waals surface area (Å²) < 4.78 is 10.8. The van der Waals surface area contributed by atoms with Crippen LogP contribution in [0.1, 0.15) is 36.7 Å². The van der Waals surface area contributed by atoms with Crippen LogP contribution < -0.4 is 4.74 Å². The largest absolute Gasteiger partial charge is 0.507 e. The van der Waals surface area contributed by atoms with Crippen molar-refractivity contribution in [3.8, 4) is 11.5 Å². The zero-order valence-electron chi connectivity index (χ0n) is 11.4. The highest BCUT2D eigenvalue weighted by Gasteiger charge is 2.29. The second kappa shape index (κ2) is 5.34. The van der Waals surface area contributed by atoms with Gasteiger partial charge >= 0.3 is 5.97 Å². The first-order chi connectivity index (χ1) is 8.99. The molecule has 0 unspecified atom stereocenters. The zero-order valence-corrected chi connectivity index (χ0v) is 11.4. The minimum Gasteiger partial charge on any atom is -0.507 e. The van der Waals surface area contributed by atoms with Crippen LogP contribution in [0.2, 0.25) is 0 Å². The molecule has 0 radical (unpaired) electrons. The van der Waals surface area contributed by atoms with Gasteiger partial charge in [0.25, 0.3) is 0 Å². The Morgan fingerprint density at radius 3 is 2.95 bits per heavy atom. The van der Waals surface area contributed by atoms with Crippen LogP contribution in [-0.4, -0.2) is 23.8 Å². The van der Waals surface area contributed by atoms with Crippen LogP contribution in [-0.2, 0) is 11.2 Å². The molecule has 1 aromatic carbocycles. The van der Waals surface area contributed by atoms with E-state index in [4.69, 9.17) is 9.47 Å². The molecule has 0 saturated carbocycles. The van der Waals surface area contributed by atoms with Gasteiger partial charge in [-0.05, 0) is 39.0 Å². The van der Waals surface area contributed by atoms with E-state index in [1.54, 1.807) is 6.07 Å². The molecular formula is C15H18O4. The molecule has 0 amide bonds. The number of fused-ring (bicyclic) bond motifs is 1. The number of allylic oxidation sites excluding steroid dienone is 1. The van der Waals surface area contributed by atoms with Crippen LogP contribution >= 0.6 is 0 Å². The molecule has 1 N–H and O–H groups in total. The summed E-state index contributed by atoms with van der Waals surface area (Å²) in [4.78, 5) is 11.8. The van der Waals surface area contributed by atoms with Gasteiger partial charge in [-0.25, -0.2) is 4.79 Å². The summed E-state index contributed by atoms with van der Waals surface area (Å²) in [6, 6.07) is 3.16. The lowest BCUT2D eigenvalue weighted by Gasteiger charge is -2.24. The zero-order chi connectivity index (χ0) is 14.0. The Balaban J connectivity index is 2.33. The normalized spacial score (nSPS) is 17.4. The van der Waals surface area contributed by atoms with E-state index >= 15 is 0 Å². The first kappa shape index (κ1) is 13.5. The van der Waals surface area contributed by atoms with E-state index in [2.05, 4.69) is 0 Å². The van der Waals surface area contributed by atoms with Crippen molar-refractivity contribution >= 4 is 5.97 Å². The van der Waals surface area contributed by atoms with E-state index in [9.17, 15) is 9.90 Å². The van der Waals surface area contributed by atoms with Crippen LogP contribution in [0, 0.1) is 0 Å². The predicted molar refractivity (Wildman–Crippen MR) is 71.6 cm³/mol. The quantitative estimate of drug-likeness (QED) is 0.672. The lowest BCUT2D eigenvalue weighted by molar-refractivity contribution is 0.0293. The Labute approximate surface area is 112 Å². The molecule has 4 nitrogen and oxygen atoms in total. The van der Waals surface area contributed by atoms with Gasteiger partial charge < -0.3 is 14.6 Å². The molecule has 1 aliphatic rings. The van der Waals surface area contributed by atoms with Gasteiger partial charge in [0.2, 0.25) is 0 Å². The third-order valence-corrected chi connectivity index (χ3v) is 2.98. The van der Waals surface area contributed by atoms with Crippen LogP contribution in [0.15, 0.2) is 23.8 Å². The van der Waals surface area contributed by atoms with Gasteiger partial charge in [-0.15, -0.1) is 0 Å². The van der Waals surface area contributed by atoms with Crippen LogP contribution in [0.3, 0.4) is 0 Å². The molecular weight excluding hydrogens is 244 g/mol. The van der Waals surface area contributed by atoms with Crippen molar-refractivity contribution in [2.24, 2.45) is 0 Å². The Bertz CT molecular complexity index is 527. The Morgan fingerprint density at radius 1 is 1.53 bits per heavy atom. The number of aromatic hydroxyl groups is 1. The first-order valence-corrected chi connectivity index (χ1v) is 6.31. The standard InChI is InChI=1S/C15H18O4/c1-9(2)6-7-18-13-5-4-12(16)14-11(13)8-10(3)19-15(14)17/h4-6,10,16H,7-8H2,1-3H3/t10-/m0/s1. The number of hydrogen-bond acceptors (Lipinski definition) is 4. The summed E-state index contributed by atoms with van der Waals surface area (Å²) >= 11 is 0. The molecule has 4 heteroatoms. The molecule has 1 heterocycles. The monoisotopic (exact) mass is 262 g/mol. The number of carbonyl (C=O) groups is 1.